The van der Waals surface area contributed by atoms with Crippen molar-refractivity contribution in [1.82, 2.24) is 14.8 Å². The second kappa shape index (κ2) is 6.90. The molecule has 2 bridgehead atoms. The zero-order valence-corrected chi connectivity index (χ0v) is 15.3. The molecule has 0 saturated carbocycles. The van der Waals surface area contributed by atoms with Crippen LogP contribution in [0.4, 0.5) is 16.2 Å². The minimum atomic E-state index is -0.173. The maximum absolute atomic E-state index is 12.8. The minimum absolute atomic E-state index is 0.0943. The molecular weight excluding hydrogens is 342 g/mol. The maximum Gasteiger partial charge on any atom is 0.322 e. The number of hydrogen-bond acceptors (Lipinski definition) is 4. The molecule has 3 heterocycles. The summed E-state index contributed by atoms with van der Waals surface area (Å²) in [6.45, 7) is 2.73. The van der Waals surface area contributed by atoms with E-state index in [1.165, 1.54) is 0 Å². The monoisotopic (exact) mass is 365 g/mol. The number of nitrogens with zero attached hydrogens (tertiary/aromatic N) is 3. The van der Waals surface area contributed by atoms with E-state index in [1.807, 2.05) is 29.2 Å². The van der Waals surface area contributed by atoms with Gasteiger partial charge in [0.05, 0.1) is 11.4 Å². The van der Waals surface area contributed by atoms with E-state index in [1.54, 1.807) is 30.3 Å². The summed E-state index contributed by atoms with van der Waals surface area (Å²) in [5, 5.41) is 2.95. The van der Waals surface area contributed by atoms with Gasteiger partial charge in [-0.05, 0) is 48.2 Å². The number of benzene rings is 1. The molecule has 2 fully saturated rings. The van der Waals surface area contributed by atoms with E-state index < -0.39 is 0 Å². The fourth-order valence-corrected chi connectivity index (χ4v) is 4.17. The first-order valence-corrected chi connectivity index (χ1v) is 9.17. The maximum atomic E-state index is 12.8. The van der Waals surface area contributed by atoms with Gasteiger partial charge in [0.25, 0.3) is 0 Å². The van der Waals surface area contributed by atoms with Crippen LogP contribution < -0.4 is 11.1 Å². The van der Waals surface area contributed by atoms with Gasteiger partial charge in [-0.2, -0.15) is 0 Å². The Bertz CT molecular complexity index is 856. The molecule has 3 amide bonds. The highest BCUT2D eigenvalue weighted by molar-refractivity contribution is 5.94. The van der Waals surface area contributed by atoms with Gasteiger partial charge in [-0.25, -0.2) is 4.79 Å². The van der Waals surface area contributed by atoms with Crippen LogP contribution in [-0.2, 0) is 4.79 Å². The van der Waals surface area contributed by atoms with E-state index in [-0.39, 0.29) is 24.0 Å². The number of pyridine rings is 1. The molecule has 2 aliphatic rings. The number of carbonyl (C=O) groups is 2. The summed E-state index contributed by atoms with van der Waals surface area (Å²) < 4.78 is 0. The lowest BCUT2D eigenvalue weighted by molar-refractivity contribution is -0.133. The molecule has 7 heteroatoms. The Morgan fingerprint density at radius 3 is 2.37 bits per heavy atom. The molecule has 2 unspecified atom stereocenters. The number of nitrogens with one attached hydrogen (secondary N) is 1. The van der Waals surface area contributed by atoms with Crippen LogP contribution in [0.15, 0.2) is 42.7 Å². The number of anilines is 2. The third-order valence-electron chi connectivity index (χ3n) is 5.44. The topological polar surface area (TPSA) is 91.6 Å². The number of fused-ring (bicyclic) bond motifs is 2. The Morgan fingerprint density at radius 1 is 1.07 bits per heavy atom. The molecule has 7 nitrogen and oxygen atoms in total. The standard InChI is InChI=1S/C20H23N5O2/c1-13(26)25-16-3-4-17(25)12-24(11-16)20(27)23-19-10-15(2-5-18(19)21)14-6-8-22-9-7-14/h2,5-10,16-17H,3-4,11-12,21H2,1H3,(H,23,27). The summed E-state index contributed by atoms with van der Waals surface area (Å²) in [5.41, 5.74) is 9.16. The van der Waals surface area contributed by atoms with Crippen molar-refractivity contribution in [3.8, 4) is 11.1 Å². The molecule has 0 aliphatic carbocycles. The van der Waals surface area contributed by atoms with Crippen molar-refractivity contribution < 1.29 is 9.59 Å². The third-order valence-corrected chi connectivity index (χ3v) is 5.44. The number of likely N-dealkylation sites (tertiary alicyclic amines) is 1. The molecule has 140 valence electrons. The first-order chi connectivity index (χ1) is 13.0. The van der Waals surface area contributed by atoms with Crippen LogP contribution in [0.5, 0.6) is 0 Å². The van der Waals surface area contributed by atoms with Crippen molar-refractivity contribution in [2.75, 3.05) is 24.1 Å². The van der Waals surface area contributed by atoms with Crippen molar-refractivity contribution in [2.45, 2.75) is 31.8 Å². The second-order valence-corrected chi connectivity index (χ2v) is 7.18. The molecule has 1 aromatic heterocycles. The van der Waals surface area contributed by atoms with Crippen molar-refractivity contribution in [2.24, 2.45) is 0 Å². The van der Waals surface area contributed by atoms with Crippen LogP contribution in [0.3, 0.4) is 0 Å². The highest BCUT2D eigenvalue weighted by atomic mass is 16.2. The zero-order valence-electron chi connectivity index (χ0n) is 15.3. The average Bonchev–Trinajstić information content (AvgIpc) is 2.94. The summed E-state index contributed by atoms with van der Waals surface area (Å²) >= 11 is 0. The predicted octanol–water partition coefficient (Wildman–Crippen LogP) is 2.56. The van der Waals surface area contributed by atoms with Gasteiger partial charge in [0, 0.05) is 44.5 Å². The number of amides is 3. The van der Waals surface area contributed by atoms with E-state index in [4.69, 9.17) is 5.73 Å². The van der Waals surface area contributed by atoms with Crippen molar-refractivity contribution >= 4 is 23.3 Å². The molecule has 0 spiro atoms. The van der Waals surface area contributed by atoms with Gasteiger partial charge in [-0.15, -0.1) is 0 Å². The number of nitrogen functional groups attached to an aromatic ring is 1. The van der Waals surface area contributed by atoms with Crippen LogP contribution in [0.2, 0.25) is 0 Å². The van der Waals surface area contributed by atoms with Gasteiger partial charge in [-0.3, -0.25) is 9.78 Å². The SMILES string of the molecule is CC(=O)N1C2CCC1CN(C(=O)Nc1cc(-c3ccncc3)ccc1N)C2. The number of rotatable bonds is 2. The lowest BCUT2D eigenvalue weighted by Crippen LogP contribution is -2.57. The predicted molar refractivity (Wildman–Crippen MR) is 104 cm³/mol. The number of nitrogens with two attached hydrogens (primary N) is 1. The fraction of sp³-hybridized carbons (Fsp3) is 0.350. The highest BCUT2D eigenvalue weighted by Gasteiger charge is 2.42. The van der Waals surface area contributed by atoms with Crippen molar-refractivity contribution in [3.63, 3.8) is 0 Å². The summed E-state index contributed by atoms with van der Waals surface area (Å²) in [4.78, 5) is 32.4. The molecule has 4 rings (SSSR count). The summed E-state index contributed by atoms with van der Waals surface area (Å²) in [7, 11) is 0. The second-order valence-electron chi connectivity index (χ2n) is 7.18. The van der Waals surface area contributed by atoms with E-state index in [2.05, 4.69) is 10.3 Å². The van der Waals surface area contributed by atoms with Crippen molar-refractivity contribution in [3.05, 3.63) is 42.7 Å². The molecule has 1 aromatic carbocycles. The fourth-order valence-electron chi connectivity index (χ4n) is 4.17. The normalized spacial score (nSPS) is 21.2. The third kappa shape index (κ3) is 3.32. The minimum Gasteiger partial charge on any atom is -0.397 e. The molecule has 2 aromatic rings. The molecule has 2 aliphatic heterocycles. The van der Waals surface area contributed by atoms with E-state index in [0.29, 0.717) is 24.5 Å². The van der Waals surface area contributed by atoms with E-state index >= 15 is 0 Å². The molecule has 2 saturated heterocycles. The quantitative estimate of drug-likeness (QED) is 0.800. The average molecular weight is 365 g/mol. The van der Waals surface area contributed by atoms with Gasteiger partial charge in [0.1, 0.15) is 0 Å². The van der Waals surface area contributed by atoms with Crippen LogP contribution >= 0.6 is 0 Å². The van der Waals surface area contributed by atoms with Gasteiger partial charge in [-0.1, -0.05) is 6.07 Å². The lowest BCUT2D eigenvalue weighted by Gasteiger charge is -2.40. The molecular formula is C20H23N5O2. The smallest absolute Gasteiger partial charge is 0.322 e. The van der Waals surface area contributed by atoms with Gasteiger partial charge in [0.2, 0.25) is 5.91 Å². The molecule has 0 radical (unpaired) electrons. The number of urea groups is 1. The largest absolute Gasteiger partial charge is 0.397 e. The summed E-state index contributed by atoms with van der Waals surface area (Å²) in [5.74, 6) is 0.0943. The number of aromatic nitrogens is 1. The van der Waals surface area contributed by atoms with Crippen LogP contribution in [0.1, 0.15) is 19.8 Å². The number of carbonyl (C=O) groups excluding carboxylic acids is 2. The van der Waals surface area contributed by atoms with Gasteiger partial charge in [0.15, 0.2) is 0 Å². The zero-order chi connectivity index (χ0) is 19.0. The Morgan fingerprint density at radius 2 is 1.74 bits per heavy atom. The van der Waals surface area contributed by atoms with Crippen molar-refractivity contribution in [1.29, 1.82) is 0 Å². The van der Waals surface area contributed by atoms with Crippen LogP contribution in [0, 0.1) is 0 Å². The van der Waals surface area contributed by atoms with E-state index in [9.17, 15) is 9.59 Å². The molecule has 3 N–H and O–H groups in total. The lowest BCUT2D eigenvalue weighted by atomic mass is 10.1. The van der Waals surface area contributed by atoms with Gasteiger partial charge >= 0.3 is 6.03 Å². The van der Waals surface area contributed by atoms with Crippen LogP contribution in [-0.4, -0.2) is 51.9 Å². The molecule has 27 heavy (non-hydrogen) atoms. The summed E-state index contributed by atoms with van der Waals surface area (Å²) in [6.07, 6.45) is 5.36. The Balaban J connectivity index is 1.50. The van der Waals surface area contributed by atoms with E-state index in [0.717, 1.165) is 24.0 Å². The Hall–Kier alpha value is -3.09. The Kier molecular flexibility index (Phi) is 4.43. The number of piperazine rings is 1. The molecule has 2 atom stereocenters. The van der Waals surface area contributed by atoms with Gasteiger partial charge < -0.3 is 20.9 Å². The number of hydrogen-bond donors (Lipinski definition) is 2. The first kappa shape index (κ1) is 17.3. The van der Waals surface area contributed by atoms with Crippen LogP contribution in [0.25, 0.3) is 11.1 Å². The Labute approximate surface area is 158 Å². The highest BCUT2D eigenvalue weighted by Crippen LogP contribution is 2.31. The summed E-state index contributed by atoms with van der Waals surface area (Å²) in [6, 6.07) is 9.48. The first-order valence-electron chi connectivity index (χ1n) is 9.17.